The summed E-state index contributed by atoms with van der Waals surface area (Å²) >= 11 is 0. The van der Waals surface area contributed by atoms with Crippen LogP contribution in [0.5, 0.6) is 0 Å². The van der Waals surface area contributed by atoms with Crippen molar-refractivity contribution in [2.45, 2.75) is 39.8 Å². The van der Waals surface area contributed by atoms with Crippen molar-refractivity contribution in [3.05, 3.63) is 0 Å². The fourth-order valence-electron chi connectivity index (χ4n) is 1.04. The summed E-state index contributed by atoms with van der Waals surface area (Å²) in [5.74, 6) is -0.991. The van der Waals surface area contributed by atoms with Gasteiger partial charge in [0.05, 0.1) is 0 Å². The van der Waals surface area contributed by atoms with Crippen LogP contribution in [0.25, 0.3) is 0 Å². The Kier molecular flexibility index (Phi) is 5.11. The lowest BCUT2D eigenvalue weighted by molar-refractivity contribution is -0.138. The largest absolute Gasteiger partial charge is 0.480 e. The first-order valence-corrected chi connectivity index (χ1v) is 5.02. The molecule has 0 aromatic rings. The second-order valence-electron chi connectivity index (χ2n) is 4.10. The molecule has 2 amide bonds. The van der Waals surface area contributed by atoms with E-state index in [0.717, 1.165) is 0 Å². The van der Waals surface area contributed by atoms with Crippen LogP contribution in [0, 0.1) is 0 Å². The van der Waals surface area contributed by atoms with Gasteiger partial charge in [-0.15, -0.1) is 0 Å². The van der Waals surface area contributed by atoms with Crippen molar-refractivity contribution in [2.24, 2.45) is 0 Å². The molecule has 0 radical (unpaired) electrons. The first-order valence-electron chi connectivity index (χ1n) is 5.02. The van der Waals surface area contributed by atoms with E-state index in [1.165, 1.54) is 9.80 Å². The summed E-state index contributed by atoms with van der Waals surface area (Å²) < 4.78 is 0. The van der Waals surface area contributed by atoms with Crippen molar-refractivity contribution in [3.63, 3.8) is 0 Å². The van der Waals surface area contributed by atoms with Gasteiger partial charge in [0.25, 0.3) is 0 Å². The number of nitrogens with zero attached hydrogens (tertiary/aromatic N) is 2. The summed E-state index contributed by atoms with van der Waals surface area (Å²) in [5, 5.41) is 8.69. The second-order valence-corrected chi connectivity index (χ2v) is 4.10. The topological polar surface area (TPSA) is 60.9 Å². The van der Waals surface area contributed by atoms with E-state index in [1.807, 2.05) is 13.8 Å². The summed E-state index contributed by atoms with van der Waals surface area (Å²) in [4.78, 5) is 25.3. The molecule has 1 N–H and O–H groups in total. The van der Waals surface area contributed by atoms with Crippen LogP contribution in [0.1, 0.15) is 27.7 Å². The first kappa shape index (κ1) is 13.7. The Hall–Kier alpha value is -1.26. The van der Waals surface area contributed by atoms with E-state index in [4.69, 9.17) is 5.11 Å². The molecule has 0 rings (SSSR count). The number of aliphatic carboxylic acids is 1. The van der Waals surface area contributed by atoms with Crippen LogP contribution in [0.2, 0.25) is 0 Å². The number of rotatable bonds is 4. The molecule has 88 valence electrons. The van der Waals surface area contributed by atoms with Crippen molar-refractivity contribution in [3.8, 4) is 0 Å². The molecular formula is C10H20N2O3. The zero-order valence-corrected chi connectivity index (χ0v) is 10.0. The average Bonchev–Trinajstić information content (AvgIpc) is 2.10. The number of carbonyl (C=O) groups is 2. The molecule has 0 aromatic carbocycles. The van der Waals surface area contributed by atoms with Gasteiger partial charge >= 0.3 is 12.0 Å². The molecule has 0 atom stereocenters. The minimum atomic E-state index is -0.991. The number of hydrogen-bond acceptors (Lipinski definition) is 2. The number of carbonyl (C=O) groups excluding carboxylic acids is 1. The lowest BCUT2D eigenvalue weighted by Crippen LogP contribution is -2.49. The molecule has 0 unspecified atom stereocenters. The molecule has 0 fully saturated rings. The van der Waals surface area contributed by atoms with E-state index < -0.39 is 5.97 Å². The Morgan fingerprint density at radius 1 is 1.13 bits per heavy atom. The number of urea groups is 1. The van der Waals surface area contributed by atoms with Gasteiger partial charge in [-0.05, 0) is 27.7 Å². The third-order valence-electron chi connectivity index (χ3n) is 2.25. The number of amides is 2. The Morgan fingerprint density at radius 3 is 1.87 bits per heavy atom. The molecule has 0 heterocycles. The van der Waals surface area contributed by atoms with Crippen molar-refractivity contribution >= 4 is 12.0 Å². The van der Waals surface area contributed by atoms with Crippen LogP contribution in [0.3, 0.4) is 0 Å². The lowest BCUT2D eigenvalue weighted by atomic mass is 10.3. The SMILES string of the molecule is CC(C)N(C)C(=O)N(CC(=O)O)C(C)C. The van der Waals surface area contributed by atoms with Gasteiger partial charge in [0.2, 0.25) is 0 Å². The maximum absolute atomic E-state index is 11.9. The van der Waals surface area contributed by atoms with E-state index in [-0.39, 0.29) is 24.7 Å². The highest BCUT2D eigenvalue weighted by Crippen LogP contribution is 2.05. The lowest BCUT2D eigenvalue weighted by Gasteiger charge is -2.32. The van der Waals surface area contributed by atoms with Gasteiger partial charge < -0.3 is 14.9 Å². The van der Waals surface area contributed by atoms with E-state index in [0.29, 0.717) is 0 Å². The molecule has 0 saturated heterocycles. The van der Waals surface area contributed by atoms with E-state index in [2.05, 4.69) is 0 Å². The van der Waals surface area contributed by atoms with Gasteiger partial charge in [0, 0.05) is 19.1 Å². The quantitative estimate of drug-likeness (QED) is 0.769. The van der Waals surface area contributed by atoms with Gasteiger partial charge in [-0.3, -0.25) is 4.79 Å². The summed E-state index contributed by atoms with van der Waals surface area (Å²) in [6, 6.07) is -0.301. The van der Waals surface area contributed by atoms with Crippen molar-refractivity contribution < 1.29 is 14.7 Å². The molecule has 0 saturated carbocycles. The standard InChI is InChI=1S/C10H20N2O3/c1-7(2)11(5)10(15)12(8(3)4)6-9(13)14/h7-8H,6H2,1-5H3,(H,13,14). The minimum absolute atomic E-state index is 0.0625. The maximum Gasteiger partial charge on any atom is 0.323 e. The van der Waals surface area contributed by atoms with Crippen LogP contribution in [-0.2, 0) is 4.79 Å². The molecule has 5 nitrogen and oxygen atoms in total. The Bertz CT molecular complexity index is 239. The molecule has 5 heteroatoms. The highest BCUT2D eigenvalue weighted by atomic mass is 16.4. The molecule has 0 aliphatic rings. The van der Waals surface area contributed by atoms with Gasteiger partial charge in [-0.1, -0.05) is 0 Å². The van der Waals surface area contributed by atoms with Crippen molar-refractivity contribution in [1.29, 1.82) is 0 Å². The number of carboxylic acids is 1. The van der Waals surface area contributed by atoms with Crippen LogP contribution in [0.4, 0.5) is 4.79 Å². The summed E-state index contributed by atoms with van der Waals surface area (Å²) in [6.07, 6.45) is 0. The normalized spacial score (nSPS) is 10.6. The third-order valence-corrected chi connectivity index (χ3v) is 2.25. The smallest absolute Gasteiger partial charge is 0.323 e. The van der Waals surface area contributed by atoms with Crippen LogP contribution in [-0.4, -0.2) is 52.6 Å². The number of hydrogen-bond donors (Lipinski definition) is 1. The monoisotopic (exact) mass is 216 g/mol. The van der Waals surface area contributed by atoms with Crippen molar-refractivity contribution in [2.75, 3.05) is 13.6 Å². The van der Waals surface area contributed by atoms with Gasteiger partial charge in [-0.25, -0.2) is 4.79 Å². The van der Waals surface area contributed by atoms with Crippen molar-refractivity contribution in [1.82, 2.24) is 9.80 Å². The zero-order chi connectivity index (χ0) is 12.2. The molecule has 0 spiro atoms. The number of carboxylic acid groups (broad SMARTS) is 1. The molecule has 15 heavy (non-hydrogen) atoms. The van der Waals surface area contributed by atoms with Crippen LogP contribution in [0.15, 0.2) is 0 Å². The molecular weight excluding hydrogens is 196 g/mol. The predicted molar refractivity (Wildman–Crippen MR) is 57.8 cm³/mol. The Morgan fingerprint density at radius 2 is 1.60 bits per heavy atom. The third kappa shape index (κ3) is 4.18. The molecule has 0 aromatic heterocycles. The average molecular weight is 216 g/mol. The second kappa shape index (κ2) is 5.58. The maximum atomic E-state index is 11.9. The van der Waals surface area contributed by atoms with E-state index >= 15 is 0 Å². The Balaban J connectivity index is 4.62. The fourth-order valence-corrected chi connectivity index (χ4v) is 1.04. The minimum Gasteiger partial charge on any atom is -0.480 e. The molecule has 0 bridgehead atoms. The van der Waals surface area contributed by atoms with Gasteiger partial charge in [0.15, 0.2) is 0 Å². The predicted octanol–water partition coefficient (Wildman–Crippen LogP) is 1.24. The zero-order valence-electron chi connectivity index (χ0n) is 10.0. The Labute approximate surface area is 90.7 Å². The van der Waals surface area contributed by atoms with Gasteiger partial charge in [-0.2, -0.15) is 0 Å². The first-order chi connectivity index (χ1) is 6.77. The van der Waals surface area contributed by atoms with E-state index in [1.54, 1.807) is 20.9 Å². The fraction of sp³-hybridized carbons (Fsp3) is 0.800. The summed E-state index contributed by atoms with van der Waals surface area (Å²) in [6.45, 7) is 7.12. The highest BCUT2D eigenvalue weighted by molar-refractivity contribution is 5.80. The van der Waals surface area contributed by atoms with Gasteiger partial charge in [0.1, 0.15) is 6.54 Å². The summed E-state index contributed by atoms with van der Waals surface area (Å²) in [5.41, 5.74) is 0. The molecule has 0 aliphatic heterocycles. The van der Waals surface area contributed by atoms with Crippen LogP contribution < -0.4 is 0 Å². The highest BCUT2D eigenvalue weighted by Gasteiger charge is 2.24. The van der Waals surface area contributed by atoms with Crippen LogP contribution >= 0.6 is 0 Å². The molecule has 0 aliphatic carbocycles. The van der Waals surface area contributed by atoms with E-state index in [9.17, 15) is 9.59 Å². The summed E-state index contributed by atoms with van der Waals surface area (Å²) in [7, 11) is 1.67.